The number of nitrogens with zero attached hydrogens (tertiary/aromatic N) is 1. The normalized spacial score (nSPS) is 13.9. The largest absolute Gasteiger partial charge is 0.479 e. The summed E-state index contributed by atoms with van der Waals surface area (Å²) in [6, 6.07) is 3.97. The number of benzene rings is 1. The summed E-state index contributed by atoms with van der Waals surface area (Å²) in [5.41, 5.74) is 2.37. The van der Waals surface area contributed by atoms with Gasteiger partial charge in [-0.25, -0.2) is 14.0 Å². The number of nitriles is 1. The van der Waals surface area contributed by atoms with Crippen molar-refractivity contribution < 1.29 is 23.8 Å². The van der Waals surface area contributed by atoms with E-state index in [2.05, 4.69) is 5.32 Å². The summed E-state index contributed by atoms with van der Waals surface area (Å²) in [6.45, 7) is 10.0. The van der Waals surface area contributed by atoms with Gasteiger partial charge in [-0.15, -0.1) is 11.8 Å². The highest BCUT2D eigenvalue weighted by molar-refractivity contribution is 7.99. The van der Waals surface area contributed by atoms with Gasteiger partial charge in [-0.3, -0.25) is 0 Å². The van der Waals surface area contributed by atoms with Gasteiger partial charge in [0, 0.05) is 16.3 Å². The van der Waals surface area contributed by atoms with Crippen LogP contribution in [-0.2, 0) is 9.53 Å². The lowest BCUT2D eigenvalue weighted by Crippen LogP contribution is -2.64. The minimum Gasteiger partial charge on any atom is -0.479 e. The van der Waals surface area contributed by atoms with Crippen molar-refractivity contribution in [3.05, 3.63) is 23.5 Å². The zero-order valence-electron chi connectivity index (χ0n) is 16.8. The molecule has 1 atom stereocenters. The third kappa shape index (κ3) is 5.52. The fraction of sp³-hybridized carbons (Fsp3) is 0.526. The van der Waals surface area contributed by atoms with E-state index in [1.807, 2.05) is 0 Å². The van der Waals surface area contributed by atoms with Gasteiger partial charge in [0.2, 0.25) is 0 Å². The van der Waals surface area contributed by atoms with E-state index in [0.717, 1.165) is 17.8 Å². The Bertz CT molecular complexity index is 809. The number of ether oxygens (including phenoxy) is 1. The van der Waals surface area contributed by atoms with Crippen molar-refractivity contribution in [2.45, 2.75) is 57.6 Å². The number of carboxylic acids is 1. The number of alkyl carbamates (subject to hydrolysis) is 1. The van der Waals surface area contributed by atoms with Gasteiger partial charge in [-0.2, -0.15) is 5.26 Å². The average molecular weight is 411 g/mol. The molecule has 1 rings (SSSR count). The van der Waals surface area contributed by atoms with Crippen LogP contribution in [0.4, 0.5) is 14.9 Å². The van der Waals surface area contributed by atoms with Gasteiger partial charge >= 0.3 is 12.1 Å². The number of hydrogen-bond donors (Lipinski definition) is 3. The number of rotatable bonds is 5. The van der Waals surface area contributed by atoms with Crippen molar-refractivity contribution in [2.75, 3.05) is 11.5 Å². The summed E-state index contributed by atoms with van der Waals surface area (Å²) in [7, 11) is 0. The van der Waals surface area contributed by atoms with Crippen LogP contribution in [0.15, 0.2) is 17.0 Å². The molecule has 0 fully saturated rings. The molecule has 0 spiro atoms. The van der Waals surface area contributed by atoms with Crippen molar-refractivity contribution >= 4 is 29.5 Å². The average Bonchev–Trinajstić information content (AvgIpc) is 2.50. The lowest BCUT2D eigenvalue weighted by molar-refractivity contribution is -0.148. The molecule has 0 aliphatic carbocycles. The van der Waals surface area contributed by atoms with E-state index in [1.165, 1.54) is 6.07 Å². The fourth-order valence-electron chi connectivity index (χ4n) is 2.32. The Balaban J connectivity index is 3.25. The van der Waals surface area contributed by atoms with Gasteiger partial charge in [-0.05, 0) is 38.3 Å². The summed E-state index contributed by atoms with van der Waals surface area (Å²) in [4.78, 5) is 24.8. The zero-order valence-corrected chi connectivity index (χ0v) is 17.7. The summed E-state index contributed by atoms with van der Waals surface area (Å²) in [6.07, 6.45) is -0.871. The molecule has 0 aliphatic rings. The van der Waals surface area contributed by atoms with E-state index in [0.29, 0.717) is 0 Å². The minimum atomic E-state index is -1.73. The quantitative estimate of drug-likeness (QED) is 0.497. The van der Waals surface area contributed by atoms with Gasteiger partial charge in [0.25, 0.3) is 0 Å². The first-order chi connectivity index (χ1) is 12.6. The summed E-state index contributed by atoms with van der Waals surface area (Å²) in [5.74, 6) is -2.15. The molecule has 0 saturated heterocycles. The van der Waals surface area contributed by atoms with Crippen molar-refractivity contribution in [1.82, 2.24) is 5.32 Å². The van der Waals surface area contributed by atoms with E-state index in [4.69, 9.17) is 15.7 Å². The molecule has 9 heteroatoms. The Kier molecular flexibility index (Phi) is 6.96. The van der Waals surface area contributed by atoms with E-state index in [1.54, 1.807) is 47.6 Å². The Hall–Kier alpha value is -2.47. The number of thioether (sulfide) groups is 1. The van der Waals surface area contributed by atoms with Crippen molar-refractivity contribution in [2.24, 2.45) is 5.41 Å². The third-order valence-corrected chi connectivity index (χ3v) is 5.27. The number of nitrogen functional groups attached to an aromatic ring is 1. The molecule has 1 amide bonds. The molecule has 0 radical (unpaired) electrons. The van der Waals surface area contributed by atoms with Gasteiger partial charge in [0.15, 0.2) is 5.54 Å². The third-order valence-electron chi connectivity index (χ3n) is 4.02. The van der Waals surface area contributed by atoms with Crippen LogP contribution in [0.25, 0.3) is 0 Å². The monoisotopic (exact) mass is 411 g/mol. The molecule has 0 aliphatic heterocycles. The first kappa shape index (κ1) is 23.6. The molecule has 1 aromatic rings. The van der Waals surface area contributed by atoms with E-state index < -0.39 is 34.4 Å². The number of carbonyl (C=O) groups excluding carboxylic acids is 1. The second-order valence-corrected chi connectivity index (χ2v) is 9.37. The Labute approximate surface area is 168 Å². The molecule has 7 nitrogen and oxygen atoms in total. The van der Waals surface area contributed by atoms with E-state index in [-0.39, 0.29) is 21.9 Å². The molecule has 0 saturated carbocycles. The Morgan fingerprint density at radius 2 is 1.86 bits per heavy atom. The lowest BCUT2D eigenvalue weighted by Gasteiger charge is -2.41. The Morgan fingerprint density at radius 1 is 1.29 bits per heavy atom. The second kappa shape index (κ2) is 8.27. The molecule has 154 valence electrons. The Morgan fingerprint density at radius 3 is 2.29 bits per heavy atom. The van der Waals surface area contributed by atoms with Crippen LogP contribution in [0.2, 0.25) is 0 Å². The van der Waals surface area contributed by atoms with Crippen LogP contribution < -0.4 is 11.1 Å². The van der Waals surface area contributed by atoms with Crippen LogP contribution in [0.3, 0.4) is 0 Å². The van der Waals surface area contributed by atoms with Crippen LogP contribution >= 0.6 is 11.8 Å². The van der Waals surface area contributed by atoms with Gasteiger partial charge in [-0.1, -0.05) is 20.8 Å². The molecule has 1 aromatic carbocycles. The fourth-order valence-corrected chi connectivity index (χ4v) is 3.74. The van der Waals surface area contributed by atoms with Crippen molar-refractivity contribution in [3.63, 3.8) is 0 Å². The molecule has 0 heterocycles. The number of carbonyl (C=O) groups is 2. The number of amides is 1. The molecule has 0 bridgehead atoms. The lowest BCUT2D eigenvalue weighted by atomic mass is 9.74. The predicted molar refractivity (Wildman–Crippen MR) is 105 cm³/mol. The molecule has 4 N–H and O–H groups in total. The van der Waals surface area contributed by atoms with Crippen LogP contribution in [0.1, 0.15) is 47.1 Å². The molecular formula is C19H26FN3O4S. The number of halogens is 1. The number of nitrogens with two attached hydrogens (primary N) is 1. The topological polar surface area (TPSA) is 125 Å². The second-order valence-electron chi connectivity index (χ2n) is 8.36. The number of hydrogen-bond acceptors (Lipinski definition) is 6. The maximum atomic E-state index is 13.9. The van der Waals surface area contributed by atoms with Crippen LogP contribution in [-0.4, -0.2) is 34.1 Å². The number of nitrogens with one attached hydrogen (secondary N) is 1. The number of carboxylic acid groups (broad SMARTS) is 1. The number of anilines is 1. The predicted octanol–water partition coefficient (Wildman–Crippen LogP) is 3.77. The highest BCUT2D eigenvalue weighted by atomic mass is 32.2. The highest BCUT2D eigenvalue weighted by Gasteiger charge is 2.51. The van der Waals surface area contributed by atoms with Gasteiger partial charge in [0.1, 0.15) is 17.5 Å². The maximum Gasteiger partial charge on any atom is 0.408 e. The molecular weight excluding hydrogens is 385 g/mol. The molecule has 0 aromatic heterocycles. The van der Waals surface area contributed by atoms with E-state index >= 15 is 0 Å². The maximum absolute atomic E-state index is 13.9. The zero-order chi connectivity index (χ0) is 21.9. The van der Waals surface area contributed by atoms with Crippen molar-refractivity contribution in [1.29, 1.82) is 5.26 Å². The summed E-state index contributed by atoms with van der Waals surface area (Å²) in [5, 5.41) is 21.3. The first-order valence-corrected chi connectivity index (χ1v) is 9.48. The summed E-state index contributed by atoms with van der Waals surface area (Å²) < 4.78 is 19.2. The number of aliphatic carboxylic acids is 1. The smallest absolute Gasteiger partial charge is 0.408 e. The summed E-state index contributed by atoms with van der Waals surface area (Å²) >= 11 is 0.977. The van der Waals surface area contributed by atoms with Crippen LogP contribution in [0.5, 0.6) is 0 Å². The van der Waals surface area contributed by atoms with Crippen molar-refractivity contribution in [3.8, 4) is 6.07 Å². The molecule has 28 heavy (non-hydrogen) atoms. The highest BCUT2D eigenvalue weighted by Crippen LogP contribution is 2.38. The van der Waals surface area contributed by atoms with E-state index in [9.17, 15) is 19.1 Å². The first-order valence-electron chi connectivity index (χ1n) is 8.49. The minimum absolute atomic E-state index is 0.138. The van der Waals surface area contributed by atoms with Gasteiger partial charge in [0.05, 0.1) is 5.56 Å². The van der Waals surface area contributed by atoms with Gasteiger partial charge < -0.3 is 20.9 Å². The standard InChI is InChI=1S/C19H26FN3O4S/c1-17(2,3)19(15(24)25,23-16(26)27-18(4,5)6)10-28-14-8-12(20)11(9-21)7-13(14)22/h7-8H,10,22H2,1-6H3,(H,23,26)(H,24,25)/t19-/m0/s1. The van der Waals surface area contributed by atoms with Crippen LogP contribution in [0, 0.1) is 22.6 Å². The molecule has 0 unspecified atom stereocenters. The SMILES string of the molecule is CC(C)(C)OC(=O)N[C@@](CSc1cc(F)c(C#N)cc1N)(C(=O)O)C(C)(C)C.